The van der Waals surface area contributed by atoms with E-state index >= 15 is 0 Å². The van der Waals surface area contributed by atoms with Gasteiger partial charge in [0.15, 0.2) is 0 Å². The number of hydrogen-bond acceptors (Lipinski definition) is 6. The third-order valence-corrected chi connectivity index (χ3v) is 7.21. The number of para-hydroxylation sites is 1. The molecule has 4 rings (SSSR count). The predicted octanol–water partition coefficient (Wildman–Crippen LogP) is 0.768. The van der Waals surface area contributed by atoms with Gasteiger partial charge in [0.1, 0.15) is 11.6 Å². The maximum absolute atomic E-state index is 14.0. The standard InChI is InChI=1S/C25H35FN6O3/c1-28-22(18-23(33)29(2)25(28)35)32-12-8-19(9-13-32)24(34)27-10-5-11-30-14-16-31(17-15-30)21-7-4-3-6-20(21)26/h3-4,6-7,18-19H,5,8-17H2,1-2H3,(H,27,34). The van der Waals surface area contributed by atoms with Gasteiger partial charge in [-0.2, -0.15) is 0 Å². The highest BCUT2D eigenvalue weighted by atomic mass is 19.1. The molecule has 0 unspecified atom stereocenters. The lowest BCUT2D eigenvalue weighted by Crippen LogP contribution is -2.47. The van der Waals surface area contributed by atoms with Crippen LogP contribution in [-0.2, 0) is 18.9 Å². The van der Waals surface area contributed by atoms with Gasteiger partial charge in [0.25, 0.3) is 5.56 Å². The van der Waals surface area contributed by atoms with Gasteiger partial charge < -0.3 is 15.1 Å². The Kier molecular flexibility index (Phi) is 7.90. The lowest BCUT2D eigenvalue weighted by Gasteiger charge is -2.36. The molecule has 35 heavy (non-hydrogen) atoms. The summed E-state index contributed by atoms with van der Waals surface area (Å²) in [6.07, 6.45) is 2.25. The van der Waals surface area contributed by atoms with Gasteiger partial charge in [0, 0.05) is 71.9 Å². The summed E-state index contributed by atoms with van der Waals surface area (Å²) in [6.45, 7) is 6.15. The molecule has 1 N–H and O–H groups in total. The number of piperazine rings is 1. The predicted molar refractivity (Wildman–Crippen MR) is 135 cm³/mol. The number of piperidine rings is 1. The minimum Gasteiger partial charge on any atom is -0.367 e. The minimum absolute atomic E-state index is 0.0564. The Morgan fingerprint density at radius 3 is 2.34 bits per heavy atom. The number of amides is 1. The molecule has 190 valence electrons. The molecule has 2 saturated heterocycles. The fraction of sp³-hybridized carbons (Fsp3) is 0.560. The molecular weight excluding hydrogens is 451 g/mol. The Morgan fingerprint density at radius 2 is 1.66 bits per heavy atom. The molecule has 1 amide bonds. The second kappa shape index (κ2) is 11.1. The number of nitrogens with one attached hydrogen (secondary N) is 1. The number of aromatic nitrogens is 2. The highest BCUT2D eigenvalue weighted by Crippen LogP contribution is 2.22. The minimum atomic E-state index is -0.346. The first-order chi connectivity index (χ1) is 16.8. The SMILES string of the molecule is Cn1c(N2CCC(C(=O)NCCCN3CCN(c4ccccc4F)CC3)CC2)cc(=O)n(C)c1=O. The molecular formula is C25H35FN6O3. The molecule has 10 heteroatoms. The fourth-order valence-corrected chi connectivity index (χ4v) is 4.97. The number of anilines is 2. The first kappa shape index (κ1) is 25.0. The quantitative estimate of drug-likeness (QED) is 0.583. The van der Waals surface area contributed by atoms with E-state index in [0.717, 1.165) is 43.7 Å². The number of halogens is 1. The van der Waals surface area contributed by atoms with Crippen LogP contribution in [-0.4, -0.2) is 72.3 Å². The van der Waals surface area contributed by atoms with Gasteiger partial charge in [0.2, 0.25) is 5.91 Å². The van der Waals surface area contributed by atoms with E-state index in [9.17, 15) is 18.8 Å². The van der Waals surface area contributed by atoms with E-state index in [4.69, 9.17) is 0 Å². The molecule has 9 nitrogen and oxygen atoms in total. The highest BCUT2D eigenvalue weighted by Gasteiger charge is 2.26. The van der Waals surface area contributed by atoms with Crippen LogP contribution in [0.15, 0.2) is 39.9 Å². The summed E-state index contributed by atoms with van der Waals surface area (Å²) in [6, 6.07) is 8.39. The first-order valence-electron chi connectivity index (χ1n) is 12.4. The zero-order chi connectivity index (χ0) is 24.9. The van der Waals surface area contributed by atoms with Crippen LogP contribution >= 0.6 is 0 Å². The van der Waals surface area contributed by atoms with Gasteiger partial charge in [-0.1, -0.05) is 12.1 Å². The summed E-state index contributed by atoms with van der Waals surface area (Å²) in [5, 5.41) is 3.07. The van der Waals surface area contributed by atoms with Gasteiger partial charge in [-0.05, 0) is 37.9 Å². The van der Waals surface area contributed by atoms with E-state index in [-0.39, 0.29) is 28.9 Å². The van der Waals surface area contributed by atoms with Crippen molar-refractivity contribution in [2.24, 2.45) is 20.0 Å². The Hall–Kier alpha value is -3.14. The Balaban J connectivity index is 1.16. The van der Waals surface area contributed by atoms with Gasteiger partial charge in [-0.15, -0.1) is 0 Å². The zero-order valence-corrected chi connectivity index (χ0v) is 20.6. The summed E-state index contributed by atoms with van der Waals surface area (Å²) >= 11 is 0. The molecule has 1 aromatic carbocycles. The van der Waals surface area contributed by atoms with Crippen molar-refractivity contribution in [3.05, 3.63) is 57.0 Å². The second-order valence-corrected chi connectivity index (χ2v) is 9.43. The van der Waals surface area contributed by atoms with E-state index in [1.165, 1.54) is 23.7 Å². The van der Waals surface area contributed by atoms with Crippen molar-refractivity contribution in [2.75, 3.05) is 62.2 Å². The largest absolute Gasteiger partial charge is 0.367 e. The van der Waals surface area contributed by atoms with Crippen LogP contribution in [0.25, 0.3) is 0 Å². The third-order valence-electron chi connectivity index (χ3n) is 7.21. The van der Waals surface area contributed by atoms with Crippen LogP contribution in [0.2, 0.25) is 0 Å². The van der Waals surface area contributed by atoms with Crippen molar-refractivity contribution < 1.29 is 9.18 Å². The molecule has 0 bridgehead atoms. The maximum atomic E-state index is 14.0. The lowest BCUT2D eigenvalue weighted by atomic mass is 9.96. The van der Waals surface area contributed by atoms with Gasteiger partial charge in [0.05, 0.1) is 5.69 Å². The van der Waals surface area contributed by atoms with Crippen LogP contribution in [0, 0.1) is 11.7 Å². The first-order valence-corrected chi connectivity index (χ1v) is 12.4. The number of nitrogens with zero attached hydrogens (tertiary/aromatic N) is 5. The number of benzene rings is 1. The summed E-state index contributed by atoms with van der Waals surface area (Å²) in [5.41, 5.74) is 0.0000347. The molecule has 3 heterocycles. The van der Waals surface area contributed by atoms with E-state index in [2.05, 4.69) is 15.1 Å². The van der Waals surface area contributed by atoms with Crippen LogP contribution in [0.3, 0.4) is 0 Å². The monoisotopic (exact) mass is 486 g/mol. The summed E-state index contributed by atoms with van der Waals surface area (Å²) in [7, 11) is 3.13. The Labute approximate surface area is 204 Å². The number of rotatable bonds is 7. The van der Waals surface area contributed by atoms with E-state index in [0.29, 0.717) is 44.0 Å². The van der Waals surface area contributed by atoms with Gasteiger partial charge in [-0.25, -0.2) is 9.18 Å². The normalized spacial score (nSPS) is 17.6. The molecule has 2 aliphatic heterocycles. The molecule has 0 saturated carbocycles. The van der Waals surface area contributed by atoms with Crippen LogP contribution in [0.1, 0.15) is 19.3 Å². The van der Waals surface area contributed by atoms with Crippen molar-refractivity contribution in [3.8, 4) is 0 Å². The molecule has 2 aromatic rings. The lowest BCUT2D eigenvalue weighted by molar-refractivity contribution is -0.125. The average molecular weight is 487 g/mol. The van der Waals surface area contributed by atoms with Crippen molar-refractivity contribution >= 4 is 17.4 Å². The van der Waals surface area contributed by atoms with Crippen LogP contribution in [0.4, 0.5) is 15.9 Å². The fourth-order valence-electron chi connectivity index (χ4n) is 4.97. The molecule has 2 fully saturated rings. The van der Waals surface area contributed by atoms with Crippen LogP contribution in [0.5, 0.6) is 0 Å². The smallest absolute Gasteiger partial charge is 0.332 e. The zero-order valence-electron chi connectivity index (χ0n) is 20.6. The maximum Gasteiger partial charge on any atom is 0.332 e. The van der Waals surface area contributed by atoms with E-state index in [1.807, 2.05) is 17.0 Å². The summed E-state index contributed by atoms with van der Waals surface area (Å²) in [5.74, 6) is 0.449. The molecule has 2 aliphatic rings. The average Bonchev–Trinajstić information content (AvgIpc) is 2.88. The number of carbonyl (C=O) groups excluding carboxylic acids is 1. The summed E-state index contributed by atoms with van der Waals surface area (Å²) in [4.78, 5) is 43.3. The molecule has 0 aliphatic carbocycles. The highest BCUT2D eigenvalue weighted by molar-refractivity contribution is 5.78. The molecule has 0 radical (unpaired) electrons. The Morgan fingerprint density at radius 1 is 0.971 bits per heavy atom. The van der Waals surface area contributed by atoms with Crippen LogP contribution < -0.4 is 26.4 Å². The number of carbonyl (C=O) groups is 1. The van der Waals surface area contributed by atoms with Crippen molar-refractivity contribution in [3.63, 3.8) is 0 Å². The van der Waals surface area contributed by atoms with E-state index < -0.39 is 0 Å². The third kappa shape index (κ3) is 5.75. The van der Waals surface area contributed by atoms with E-state index in [1.54, 1.807) is 13.1 Å². The molecule has 0 atom stereocenters. The Bertz CT molecular complexity index is 1150. The summed E-state index contributed by atoms with van der Waals surface area (Å²) < 4.78 is 16.6. The van der Waals surface area contributed by atoms with Crippen molar-refractivity contribution in [1.82, 2.24) is 19.4 Å². The second-order valence-electron chi connectivity index (χ2n) is 9.43. The molecule has 0 spiro atoms. The molecule has 1 aromatic heterocycles. The number of hydrogen-bond donors (Lipinski definition) is 1. The van der Waals surface area contributed by atoms with Gasteiger partial charge in [-0.3, -0.25) is 23.6 Å². The van der Waals surface area contributed by atoms with Gasteiger partial charge >= 0.3 is 5.69 Å². The topological polar surface area (TPSA) is 82.8 Å². The van der Waals surface area contributed by atoms with Crippen molar-refractivity contribution in [2.45, 2.75) is 19.3 Å². The van der Waals surface area contributed by atoms with Crippen molar-refractivity contribution in [1.29, 1.82) is 0 Å².